The summed E-state index contributed by atoms with van der Waals surface area (Å²) in [6, 6.07) is 13.4. The molecule has 2 fully saturated rings. The second-order valence-electron chi connectivity index (χ2n) is 11.9. The lowest BCUT2D eigenvalue weighted by molar-refractivity contribution is -0.122. The number of aromatic nitrogens is 2. The fourth-order valence-electron chi connectivity index (χ4n) is 6.32. The summed E-state index contributed by atoms with van der Waals surface area (Å²) in [5, 5.41) is 12.5. The summed E-state index contributed by atoms with van der Waals surface area (Å²) in [6.07, 6.45) is 10.3. The van der Waals surface area contributed by atoms with Crippen LogP contribution in [-0.4, -0.2) is 67.0 Å². The topological polar surface area (TPSA) is 121 Å². The van der Waals surface area contributed by atoms with Crippen molar-refractivity contribution in [3.05, 3.63) is 64.8 Å². The molecule has 10 nitrogen and oxygen atoms in total. The smallest absolute Gasteiger partial charge is 0.253 e. The number of piperidine rings is 1. The van der Waals surface area contributed by atoms with Gasteiger partial charge in [0.2, 0.25) is 11.9 Å². The number of carbonyl (C=O) groups is 2. The van der Waals surface area contributed by atoms with E-state index in [1.807, 2.05) is 12.1 Å². The summed E-state index contributed by atoms with van der Waals surface area (Å²) in [5.74, 6) is 2.48. The van der Waals surface area contributed by atoms with E-state index in [0.717, 1.165) is 51.1 Å². The zero-order valence-electron chi connectivity index (χ0n) is 26.2. The molecule has 1 aliphatic heterocycles. The maximum absolute atomic E-state index is 12.3. The minimum Gasteiger partial charge on any atom is -0.495 e. The largest absolute Gasteiger partial charge is 0.495 e. The molecule has 0 atom stereocenters. The van der Waals surface area contributed by atoms with E-state index in [4.69, 9.17) is 16.3 Å². The lowest BCUT2D eigenvalue weighted by atomic mass is 9.89. The Labute approximate surface area is 270 Å². The number of nitrogens with zero attached hydrogens (tertiary/aromatic N) is 3. The quantitative estimate of drug-likeness (QED) is 0.163. The number of likely N-dealkylation sites (tertiary alicyclic amines) is 1. The van der Waals surface area contributed by atoms with Gasteiger partial charge in [0.15, 0.2) is 5.82 Å². The van der Waals surface area contributed by atoms with Gasteiger partial charge in [-0.25, -0.2) is 4.98 Å². The van der Waals surface area contributed by atoms with Crippen molar-refractivity contribution in [3.63, 3.8) is 0 Å². The van der Waals surface area contributed by atoms with E-state index >= 15 is 0 Å². The van der Waals surface area contributed by atoms with Crippen LogP contribution in [0.2, 0.25) is 5.02 Å². The van der Waals surface area contributed by atoms with Gasteiger partial charge in [-0.3, -0.25) is 9.59 Å². The van der Waals surface area contributed by atoms with Crippen LogP contribution in [0.25, 0.3) is 0 Å². The van der Waals surface area contributed by atoms with Gasteiger partial charge >= 0.3 is 0 Å². The first-order valence-corrected chi connectivity index (χ1v) is 16.4. The van der Waals surface area contributed by atoms with Gasteiger partial charge in [0.1, 0.15) is 10.8 Å². The Balaban J connectivity index is 1.13. The van der Waals surface area contributed by atoms with Gasteiger partial charge in [-0.2, -0.15) is 4.98 Å². The lowest BCUT2D eigenvalue weighted by Crippen LogP contribution is -2.35. The number of hydrogen-bond donors (Lipinski definition) is 4. The third kappa shape index (κ3) is 8.85. The molecule has 2 aromatic carbocycles. The minimum absolute atomic E-state index is 0.216. The number of anilines is 4. The summed E-state index contributed by atoms with van der Waals surface area (Å²) in [6.45, 7) is 3.86. The monoisotopic (exact) mass is 633 g/mol. The SMILES string of the molecule is CNC(=O)c1ccccc1Nc1nc(Nc2ccc(C3CCN(CCCNC(=O)CC4CCCC4)CC3)cc2OC)ncc1Cl. The highest BCUT2D eigenvalue weighted by Gasteiger charge is 2.22. The Morgan fingerprint density at radius 2 is 1.80 bits per heavy atom. The molecule has 0 bridgehead atoms. The fraction of sp³-hybridized carbons (Fsp3) is 0.471. The summed E-state index contributed by atoms with van der Waals surface area (Å²) >= 11 is 6.41. The van der Waals surface area contributed by atoms with Crippen molar-refractivity contribution in [2.45, 2.75) is 57.3 Å². The third-order valence-electron chi connectivity index (χ3n) is 8.85. The highest BCUT2D eigenvalue weighted by Crippen LogP contribution is 2.35. The van der Waals surface area contributed by atoms with E-state index in [2.05, 4.69) is 48.3 Å². The normalized spacial score (nSPS) is 15.9. The first-order chi connectivity index (χ1) is 21.9. The second kappa shape index (κ2) is 15.9. The first kappa shape index (κ1) is 32.5. The van der Waals surface area contributed by atoms with E-state index in [9.17, 15) is 9.59 Å². The van der Waals surface area contributed by atoms with Gasteiger partial charge in [-0.15, -0.1) is 0 Å². The van der Waals surface area contributed by atoms with Crippen LogP contribution in [0.4, 0.5) is 23.1 Å². The molecule has 240 valence electrons. The van der Waals surface area contributed by atoms with Crippen molar-refractivity contribution in [3.8, 4) is 5.75 Å². The highest BCUT2D eigenvalue weighted by molar-refractivity contribution is 6.33. The molecule has 1 aliphatic carbocycles. The molecular formula is C34H44ClN7O3. The molecular weight excluding hydrogens is 590 g/mol. The van der Waals surface area contributed by atoms with E-state index in [1.54, 1.807) is 32.4 Å². The first-order valence-electron chi connectivity index (χ1n) is 16.0. The van der Waals surface area contributed by atoms with Crippen LogP contribution < -0.4 is 26.0 Å². The highest BCUT2D eigenvalue weighted by atomic mass is 35.5. The number of methoxy groups -OCH3 is 1. The average molecular weight is 634 g/mol. The van der Waals surface area contributed by atoms with Gasteiger partial charge in [0.25, 0.3) is 5.91 Å². The number of ether oxygens (including phenoxy) is 1. The Hall–Kier alpha value is -3.89. The van der Waals surface area contributed by atoms with Crippen molar-refractivity contribution < 1.29 is 14.3 Å². The Bertz CT molecular complexity index is 1460. The van der Waals surface area contributed by atoms with Crippen LogP contribution >= 0.6 is 11.6 Å². The van der Waals surface area contributed by atoms with Crippen molar-refractivity contribution in [2.75, 3.05) is 51.0 Å². The van der Waals surface area contributed by atoms with Crippen LogP contribution in [0.3, 0.4) is 0 Å². The minimum atomic E-state index is -0.216. The molecule has 2 aliphatic rings. The number of halogens is 1. The molecule has 2 amide bonds. The number of hydrogen-bond acceptors (Lipinski definition) is 8. The van der Waals surface area contributed by atoms with E-state index in [-0.39, 0.29) is 11.8 Å². The maximum Gasteiger partial charge on any atom is 0.253 e. The Morgan fingerprint density at radius 1 is 1.02 bits per heavy atom. The Morgan fingerprint density at radius 3 is 2.56 bits per heavy atom. The molecule has 0 radical (unpaired) electrons. The van der Waals surface area contributed by atoms with Crippen LogP contribution in [0.1, 0.15) is 73.2 Å². The van der Waals surface area contributed by atoms with Gasteiger partial charge < -0.3 is 30.9 Å². The molecule has 2 heterocycles. The Kier molecular flexibility index (Phi) is 11.5. The number of para-hydroxylation sites is 1. The molecule has 1 saturated carbocycles. The molecule has 0 spiro atoms. The standard InChI is InChI=1S/C34H44ClN7O3/c1-36-33(44)26-10-5-6-11-28(26)39-32-27(35)22-38-34(41-32)40-29-13-12-25(21-30(29)45-2)24-14-18-42(19-15-24)17-7-16-37-31(43)20-23-8-3-4-9-23/h5-6,10-13,21-24H,3-4,7-9,14-20H2,1-2H3,(H,36,44)(H,37,43)(H2,38,39,40,41). The number of rotatable bonds is 13. The van der Waals surface area contributed by atoms with E-state index in [0.29, 0.717) is 52.0 Å². The van der Waals surface area contributed by atoms with Crippen LogP contribution in [0, 0.1) is 5.92 Å². The molecule has 45 heavy (non-hydrogen) atoms. The molecule has 5 rings (SSSR count). The maximum atomic E-state index is 12.3. The number of carbonyl (C=O) groups excluding carboxylic acids is 2. The summed E-state index contributed by atoms with van der Waals surface area (Å²) < 4.78 is 5.75. The predicted molar refractivity (Wildman–Crippen MR) is 179 cm³/mol. The molecule has 1 aromatic heterocycles. The van der Waals surface area contributed by atoms with Crippen LogP contribution in [0.15, 0.2) is 48.7 Å². The molecule has 1 saturated heterocycles. The molecule has 0 unspecified atom stereocenters. The van der Waals surface area contributed by atoms with Crippen molar-refractivity contribution in [1.82, 2.24) is 25.5 Å². The third-order valence-corrected chi connectivity index (χ3v) is 9.13. The van der Waals surface area contributed by atoms with Gasteiger partial charge in [0.05, 0.1) is 30.2 Å². The number of benzene rings is 2. The van der Waals surface area contributed by atoms with Crippen molar-refractivity contribution in [2.24, 2.45) is 5.92 Å². The summed E-state index contributed by atoms with van der Waals surface area (Å²) in [4.78, 5) is 35.9. The number of nitrogens with one attached hydrogen (secondary N) is 4. The molecule has 11 heteroatoms. The number of amides is 2. The zero-order valence-corrected chi connectivity index (χ0v) is 27.0. The van der Waals surface area contributed by atoms with E-state index < -0.39 is 0 Å². The molecule has 4 N–H and O–H groups in total. The van der Waals surface area contributed by atoms with Crippen molar-refractivity contribution >= 4 is 46.6 Å². The zero-order chi connectivity index (χ0) is 31.6. The summed E-state index contributed by atoms with van der Waals surface area (Å²) in [5.41, 5.74) is 3.05. The van der Waals surface area contributed by atoms with Crippen LogP contribution in [0.5, 0.6) is 5.75 Å². The molecule has 3 aromatic rings. The predicted octanol–water partition coefficient (Wildman–Crippen LogP) is 6.25. The van der Waals surface area contributed by atoms with Gasteiger partial charge in [-0.05, 0) is 93.4 Å². The lowest BCUT2D eigenvalue weighted by Gasteiger charge is -2.32. The van der Waals surface area contributed by atoms with Crippen LogP contribution in [-0.2, 0) is 4.79 Å². The fourth-order valence-corrected chi connectivity index (χ4v) is 6.46. The second-order valence-corrected chi connectivity index (χ2v) is 12.3. The average Bonchev–Trinajstić information content (AvgIpc) is 3.58. The summed E-state index contributed by atoms with van der Waals surface area (Å²) in [7, 11) is 3.24. The van der Waals surface area contributed by atoms with Gasteiger partial charge in [-0.1, -0.05) is 42.6 Å². The van der Waals surface area contributed by atoms with E-state index in [1.165, 1.54) is 37.4 Å². The van der Waals surface area contributed by atoms with Gasteiger partial charge in [0, 0.05) is 20.0 Å². The van der Waals surface area contributed by atoms with Crippen molar-refractivity contribution in [1.29, 1.82) is 0 Å².